The minimum absolute atomic E-state index is 0.0652. The number of aryl methyl sites for hydroxylation is 2. The van der Waals surface area contributed by atoms with Crippen molar-refractivity contribution in [1.82, 2.24) is 9.97 Å². The van der Waals surface area contributed by atoms with Crippen LogP contribution in [0.1, 0.15) is 138 Å². The molecule has 2 aliphatic rings. The molecule has 0 atom stereocenters. The van der Waals surface area contributed by atoms with Gasteiger partial charge in [-0.05, 0) is 142 Å². The molecule has 0 amide bonds. The number of hydrogen-bond donors (Lipinski definition) is 0. The largest absolute Gasteiger partial charge is 0.244 e. The zero-order valence-corrected chi connectivity index (χ0v) is 40.2. The molecule has 66 heavy (non-hydrogen) atoms. The smallest absolute Gasteiger partial charge is 0.0973 e. The summed E-state index contributed by atoms with van der Waals surface area (Å²) in [5, 5.41) is 0. The van der Waals surface area contributed by atoms with Crippen LogP contribution in [-0.4, -0.2) is 9.97 Å². The van der Waals surface area contributed by atoms with Gasteiger partial charge in [0.05, 0.1) is 22.4 Å². The lowest BCUT2D eigenvalue weighted by molar-refractivity contribution is 0.414. The Hall–Kier alpha value is -6.12. The highest BCUT2D eigenvalue weighted by Crippen LogP contribution is 2.56. The fraction of sp³-hybridized carbons (Fsp3) is 0.312. The molecule has 1 aromatic heterocycles. The van der Waals surface area contributed by atoms with Gasteiger partial charge in [0, 0.05) is 22.0 Å². The number of nitrogens with zero attached hydrogens (tertiary/aromatic N) is 2. The van der Waals surface area contributed by atoms with Crippen LogP contribution in [0.5, 0.6) is 0 Å². The van der Waals surface area contributed by atoms with Gasteiger partial charge in [0.15, 0.2) is 0 Å². The van der Waals surface area contributed by atoms with E-state index in [1.165, 1.54) is 155 Å². The van der Waals surface area contributed by atoms with Crippen molar-refractivity contribution in [3.05, 3.63) is 179 Å². The van der Waals surface area contributed by atoms with Crippen molar-refractivity contribution in [3.8, 4) is 67.0 Å². The quantitative estimate of drug-likeness (QED) is 0.0967. The molecule has 0 radical (unpaired) electrons. The molecule has 2 aliphatic carbocycles. The fourth-order valence-corrected chi connectivity index (χ4v) is 11.9. The lowest BCUT2D eigenvalue weighted by atomic mass is 9.70. The van der Waals surface area contributed by atoms with Gasteiger partial charge in [0.2, 0.25) is 0 Å². The Bertz CT molecular complexity index is 2820. The average Bonchev–Trinajstić information content (AvgIpc) is 3.79. The zero-order valence-electron chi connectivity index (χ0n) is 40.2. The Morgan fingerprint density at radius 1 is 0.333 bits per heavy atom. The van der Waals surface area contributed by atoms with Crippen LogP contribution >= 0.6 is 0 Å². The molecule has 2 heteroatoms. The monoisotopic (exact) mass is 863 g/mol. The van der Waals surface area contributed by atoms with E-state index in [1.807, 2.05) is 0 Å². The third-order valence-corrected chi connectivity index (χ3v) is 15.6. The molecule has 1 heterocycles. The van der Waals surface area contributed by atoms with E-state index >= 15 is 0 Å². The van der Waals surface area contributed by atoms with Crippen molar-refractivity contribution in [1.29, 1.82) is 0 Å². The number of unbranched alkanes of at least 4 members (excludes halogenated alkanes) is 4. The standard InChI is InChI=1S/C64H66N2/c1-7-11-35-63(36-12-8-2)55-21-17-15-19-51(55)53-33-31-49(41-57(53)63)45-23-27-47(28-24-45)61-62(66-60-40-44(6)43(5)39-59(60)65-61)48-29-25-46(26-30-48)50-32-34-54-52-20-16-18-22-56(52)64(37-13-9-3,38-14-10-4)58(54)42-50/h15-34,39-42H,7-14,35-38H2,1-6H3. The first-order chi connectivity index (χ1) is 32.3. The maximum atomic E-state index is 5.41. The third-order valence-electron chi connectivity index (χ3n) is 15.6. The van der Waals surface area contributed by atoms with Gasteiger partial charge in [-0.3, -0.25) is 0 Å². The molecule has 0 spiro atoms. The van der Waals surface area contributed by atoms with E-state index in [-0.39, 0.29) is 10.8 Å². The first-order valence-corrected chi connectivity index (χ1v) is 25.3. The minimum atomic E-state index is 0.0652. The molecule has 0 saturated heterocycles. The topological polar surface area (TPSA) is 25.8 Å². The highest BCUT2D eigenvalue weighted by molar-refractivity contribution is 5.90. The van der Waals surface area contributed by atoms with Crippen LogP contribution in [0.4, 0.5) is 0 Å². The van der Waals surface area contributed by atoms with Gasteiger partial charge in [-0.25, -0.2) is 9.97 Å². The van der Waals surface area contributed by atoms with Crippen molar-refractivity contribution >= 4 is 11.0 Å². The summed E-state index contributed by atoms with van der Waals surface area (Å²) in [7, 11) is 0. The summed E-state index contributed by atoms with van der Waals surface area (Å²) in [6.07, 6.45) is 14.5. The Balaban J connectivity index is 1.02. The fourth-order valence-electron chi connectivity index (χ4n) is 11.9. The van der Waals surface area contributed by atoms with E-state index in [4.69, 9.17) is 9.97 Å². The van der Waals surface area contributed by atoms with Gasteiger partial charge >= 0.3 is 0 Å². The predicted octanol–water partition coefficient (Wildman–Crippen LogP) is 18.2. The molecule has 332 valence electrons. The van der Waals surface area contributed by atoms with Gasteiger partial charge < -0.3 is 0 Å². The van der Waals surface area contributed by atoms with Gasteiger partial charge in [0.1, 0.15) is 0 Å². The number of benzene rings is 7. The van der Waals surface area contributed by atoms with Crippen LogP contribution in [0.2, 0.25) is 0 Å². The number of aromatic nitrogens is 2. The summed E-state index contributed by atoms with van der Waals surface area (Å²) in [6, 6.07) is 55.6. The van der Waals surface area contributed by atoms with Crippen LogP contribution < -0.4 is 0 Å². The zero-order chi connectivity index (χ0) is 45.4. The maximum Gasteiger partial charge on any atom is 0.0973 e. The highest BCUT2D eigenvalue weighted by Gasteiger charge is 2.43. The van der Waals surface area contributed by atoms with Crippen LogP contribution in [0.25, 0.3) is 78.1 Å². The van der Waals surface area contributed by atoms with Gasteiger partial charge in [0.25, 0.3) is 0 Å². The first kappa shape index (κ1) is 43.8. The second kappa shape index (κ2) is 18.3. The second-order valence-corrected chi connectivity index (χ2v) is 19.7. The minimum Gasteiger partial charge on any atom is -0.244 e. The van der Waals surface area contributed by atoms with Crippen LogP contribution in [0.3, 0.4) is 0 Å². The molecule has 0 aliphatic heterocycles. The molecule has 0 fully saturated rings. The first-order valence-electron chi connectivity index (χ1n) is 25.3. The number of hydrogen-bond acceptors (Lipinski definition) is 2. The summed E-state index contributed by atoms with van der Waals surface area (Å²) in [6.45, 7) is 13.7. The molecule has 10 rings (SSSR count). The normalized spacial score (nSPS) is 14.0. The molecule has 8 aromatic rings. The molecule has 7 aromatic carbocycles. The van der Waals surface area contributed by atoms with Crippen molar-refractivity contribution < 1.29 is 0 Å². The predicted molar refractivity (Wildman–Crippen MR) is 281 cm³/mol. The van der Waals surface area contributed by atoms with E-state index < -0.39 is 0 Å². The number of fused-ring (bicyclic) bond motifs is 7. The van der Waals surface area contributed by atoms with Crippen LogP contribution in [0, 0.1) is 13.8 Å². The summed E-state index contributed by atoms with van der Waals surface area (Å²) in [5.74, 6) is 0. The summed E-state index contributed by atoms with van der Waals surface area (Å²) in [5.41, 5.74) is 25.2. The van der Waals surface area contributed by atoms with E-state index in [1.54, 1.807) is 0 Å². The lowest BCUT2D eigenvalue weighted by Crippen LogP contribution is -2.25. The SMILES string of the molecule is CCCCC1(CCCC)c2ccccc2-c2ccc(-c3ccc(-c4nc5cc(C)c(C)cc5nc4-c4ccc(-c5ccc6c(c5)C(CCCC)(CCCC)c5ccccc5-6)cc4)cc3)cc21. The third kappa shape index (κ3) is 7.51. The van der Waals surface area contributed by atoms with E-state index in [0.29, 0.717) is 0 Å². The maximum absolute atomic E-state index is 5.41. The van der Waals surface area contributed by atoms with E-state index in [0.717, 1.165) is 33.5 Å². The molecule has 0 N–H and O–H groups in total. The average molecular weight is 863 g/mol. The molecule has 0 bridgehead atoms. The molecule has 0 unspecified atom stereocenters. The van der Waals surface area contributed by atoms with Gasteiger partial charge in [-0.2, -0.15) is 0 Å². The Morgan fingerprint density at radius 3 is 1.02 bits per heavy atom. The van der Waals surface area contributed by atoms with Crippen molar-refractivity contribution in [2.45, 2.75) is 129 Å². The molecule has 0 saturated carbocycles. The lowest BCUT2D eigenvalue weighted by Gasteiger charge is -2.33. The summed E-state index contributed by atoms with van der Waals surface area (Å²) >= 11 is 0. The summed E-state index contributed by atoms with van der Waals surface area (Å²) in [4.78, 5) is 10.8. The van der Waals surface area contributed by atoms with Gasteiger partial charge in [-0.15, -0.1) is 0 Å². The molecule has 2 nitrogen and oxygen atoms in total. The Morgan fingerprint density at radius 2 is 0.652 bits per heavy atom. The van der Waals surface area contributed by atoms with Crippen molar-refractivity contribution in [2.75, 3.05) is 0 Å². The van der Waals surface area contributed by atoms with Crippen molar-refractivity contribution in [2.24, 2.45) is 0 Å². The number of rotatable bonds is 16. The van der Waals surface area contributed by atoms with Crippen molar-refractivity contribution in [3.63, 3.8) is 0 Å². The van der Waals surface area contributed by atoms with Crippen LogP contribution in [-0.2, 0) is 10.8 Å². The Labute approximate surface area is 394 Å². The van der Waals surface area contributed by atoms with Gasteiger partial charge in [-0.1, -0.05) is 200 Å². The Kier molecular flexibility index (Phi) is 12.1. The highest BCUT2D eigenvalue weighted by atomic mass is 14.8. The van der Waals surface area contributed by atoms with E-state index in [9.17, 15) is 0 Å². The molecular weight excluding hydrogens is 797 g/mol. The van der Waals surface area contributed by atoms with Crippen LogP contribution in [0.15, 0.2) is 146 Å². The van der Waals surface area contributed by atoms with E-state index in [2.05, 4.69) is 187 Å². The second-order valence-electron chi connectivity index (χ2n) is 19.7. The summed E-state index contributed by atoms with van der Waals surface area (Å²) < 4.78 is 0. The molecular formula is C64H66N2.